The van der Waals surface area contributed by atoms with Crippen LogP contribution in [0.15, 0.2) is 18.2 Å². The summed E-state index contributed by atoms with van der Waals surface area (Å²) in [6.45, 7) is 5.32. The summed E-state index contributed by atoms with van der Waals surface area (Å²) < 4.78 is 49.6. The number of hydrogen-bond donors (Lipinski definition) is 1. The number of benzene rings is 1. The van der Waals surface area contributed by atoms with E-state index in [1.54, 1.807) is 13.1 Å². The van der Waals surface area contributed by atoms with Gasteiger partial charge in [0.25, 0.3) is 0 Å². The molecule has 0 atom stereocenters. The highest BCUT2D eigenvalue weighted by Gasteiger charge is 2.34. The molecule has 0 radical (unpaired) electrons. The van der Waals surface area contributed by atoms with E-state index in [1.165, 1.54) is 6.07 Å². The first-order chi connectivity index (χ1) is 9.84. The van der Waals surface area contributed by atoms with Gasteiger partial charge >= 0.3 is 6.18 Å². The minimum Gasteiger partial charge on any atom is -0.491 e. The van der Waals surface area contributed by atoms with Crippen LogP contribution in [0.4, 0.5) is 13.2 Å². The first-order valence-corrected chi connectivity index (χ1v) is 6.90. The molecule has 1 aromatic carbocycles. The minimum absolute atomic E-state index is 0.0984. The topological polar surface area (TPSA) is 30.5 Å². The van der Waals surface area contributed by atoms with Gasteiger partial charge in [-0.2, -0.15) is 13.2 Å². The largest absolute Gasteiger partial charge is 0.491 e. The molecular formula is C15H22F3NO2. The molecule has 0 spiro atoms. The van der Waals surface area contributed by atoms with E-state index in [0.717, 1.165) is 6.07 Å². The normalized spacial score (nSPS) is 12.0. The summed E-state index contributed by atoms with van der Waals surface area (Å²) in [5, 5.41) is 2.82. The number of alkyl halides is 3. The Morgan fingerprint density at radius 3 is 2.48 bits per heavy atom. The van der Waals surface area contributed by atoms with E-state index in [-0.39, 0.29) is 19.0 Å². The maximum atomic E-state index is 13.0. The lowest BCUT2D eigenvalue weighted by molar-refractivity contribution is -0.139. The maximum Gasteiger partial charge on any atom is 0.419 e. The maximum absolute atomic E-state index is 13.0. The first-order valence-electron chi connectivity index (χ1n) is 6.90. The fraction of sp³-hybridized carbons (Fsp3) is 0.600. The van der Waals surface area contributed by atoms with E-state index in [2.05, 4.69) is 5.32 Å². The SMILES string of the molecule is CNCc1ccc(OCCOCC(C)C)c(C(F)(F)F)c1. The molecule has 0 heterocycles. The quantitative estimate of drug-likeness (QED) is 0.746. The summed E-state index contributed by atoms with van der Waals surface area (Å²) in [7, 11) is 1.68. The van der Waals surface area contributed by atoms with E-state index in [4.69, 9.17) is 9.47 Å². The molecule has 3 nitrogen and oxygen atoms in total. The first kappa shape index (κ1) is 17.8. The second kappa shape index (κ2) is 8.24. The van der Waals surface area contributed by atoms with Crippen LogP contribution in [0.1, 0.15) is 25.0 Å². The second-order valence-electron chi connectivity index (χ2n) is 5.18. The third-order valence-electron chi connectivity index (χ3n) is 2.67. The molecule has 0 unspecified atom stereocenters. The Balaban J connectivity index is 2.68. The molecule has 0 aliphatic carbocycles. The fourth-order valence-electron chi connectivity index (χ4n) is 1.77. The molecule has 0 aliphatic heterocycles. The zero-order chi connectivity index (χ0) is 15.9. The molecule has 0 aromatic heterocycles. The predicted octanol–water partition coefficient (Wildman–Crippen LogP) is 3.48. The molecule has 0 aliphatic rings. The molecular weight excluding hydrogens is 283 g/mol. The van der Waals surface area contributed by atoms with E-state index >= 15 is 0 Å². The van der Waals surface area contributed by atoms with Crippen LogP contribution in [0.3, 0.4) is 0 Å². The number of halogens is 3. The predicted molar refractivity (Wildman–Crippen MR) is 75.4 cm³/mol. The van der Waals surface area contributed by atoms with E-state index in [0.29, 0.717) is 24.6 Å². The van der Waals surface area contributed by atoms with Gasteiger partial charge < -0.3 is 14.8 Å². The molecule has 1 rings (SSSR count). The number of nitrogens with one attached hydrogen (secondary N) is 1. The number of ether oxygens (including phenoxy) is 2. The lowest BCUT2D eigenvalue weighted by atomic mass is 10.1. The van der Waals surface area contributed by atoms with E-state index in [1.807, 2.05) is 13.8 Å². The molecule has 0 saturated carbocycles. The van der Waals surface area contributed by atoms with Crippen LogP contribution in [0.5, 0.6) is 5.75 Å². The Morgan fingerprint density at radius 2 is 1.90 bits per heavy atom. The van der Waals surface area contributed by atoms with Crippen molar-refractivity contribution in [3.05, 3.63) is 29.3 Å². The summed E-state index contributed by atoms with van der Waals surface area (Å²) in [4.78, 5) is 0. The van der Waals surface area contributed by atoms with Crippen LogP contribution >= 0.6 is 0 Å². The Bertz CT molecular complexity index is 433. The second-order valence-corrected chi connectivity index (χ2v) is 5.18. The van der Waals surface area contributed by atoms with Crippen LogP contribution < -0.4 is 10.1 Å². The van der Waals surface area contributed by atoms with Crippen molar-refractivity contribution in [1.29, 1.82) is 0 Å². The van der Waals surface area contributed by atoms with E-state index in [9.17, 15) is 13.2 Å². The van der Waals surface area contributed by atoms with Gasteiger partial charge in [0.05, 0.1) is 12.2 Å². The minimum atomic E-state index is -4.43. The van der Waals surface area contributed by atoms with Gasteiger partial charge in [0.2, 0.25) is 0 Å². The molecule has 0 fully saturated rings. The van der Waals surface area contributed by atoms with Crippen molar-refractivity contribution in [1.82, 2.24) is 5.32 Å². The van der Waals surface area contributed by atoms with Gasteiger partial charge in [0.15, 0.2) is 0 Å². The molecule has 120 valence electrons. The lowest BCUT2D eigenvalue weighted by Crippen LogP contribution is -2.14. The molecule has 0 bridgehead atoms. The van der Waals surface area contributed by atoms with Gasteiger partial charge in [-0.3, -0.25) is 0 Å². The summed E-state index contributed by atoms with van der Waals surface area (Å²) in [6.07, 6.45) is -4.43. The molecule has 21 heavy (non-hydrogen) atoms. The van der Waals surface area contributed by atoms with Crippen LogP contribution in [0.25, 0.3) is 0 Å². The number of hydrogen-bond acceptors (Lipinski definition) is 3. The van der Waals surface area contributed by atoms with Gasteiger partial charge in [0, 0.05) is 13.2 Å². The third-order valence-corrected chi connectivity index (χ3v) is 2.67. The molecule has 1 aromatic rings. The highest BCUT2D eigenvalue weighted by Crippen LogP contribution is 2.36. The molecule has 1 N–H and O–H groups in total. The Hall–Kier alpha value is -1.27. The zero-order valence-electron chi connectivity index (χ0n) is 12.6. The monoisotopic (exact) mass is 305 g/mol. The van der Waals surface area contributed by atoms with Crippen LogP contribution in [0.2, 0.25) is 0 Å². The van der Waals surface area contributed by atoms with Crippen LogP contribution in [0, 0.1) is 5.92 Å². The lowest BCUT2D eigenvalue weighted by Gasteiger charge is -2.15. The Morgan fingerprint density at radius 1 is 1.19 bits per heavy atom. The van der Waals surface area contributed by atoms with Gasteiger partial charge in [-0.1, -0.05) is 19.9 Å². The smallest absolute Gasteiger partial charge is 0.419 e. The van der Waals surface area contributed by atoms with Crippen molar-refractivity contribution in [2.45, 2.75) is 26.6 Å². The third kappa shape index (κ3) is 6.35. The Kier molecular flexibility index (Phi) is 6.98. The van der Waals surface area contributed by atoms with Gasteiger partial charge in [0.1, 0.15) is 12.4 Å². The van der Waals surface area contributed by atoms with Crippen molar-refractivity contribution < 1.29 is 22.6 Å². The highest BCUT2D eigenvalue weighted by atomic mass is 19.4. The van der Waals surface area contributed by atoms with Gasteiger partial charge in [-0.25, -0.2) is 0 Å². The van der Waals surface area contributed by atoms with Crippen molar-refractivity contribution in [2.75, 3.05) is 26.9 Å². The summed E-state index contributed by atoms with van der Waals surface area (Å²) >= 11 is 0. The zero-order valence-corrected chi connectivity index (χ0v) is 12.6. The molecule has 6 heteroatoms. The summed E-state index contributed by atoms with van der Waals surface area (Å²) in [5.74, 6) is 0.229. The van der Waals surface area contributed by atoms with Crippen molar-refractivity contribution in [2.24, 2.45) is 5.92 Å². The van der Waals surface area contributed by atoms with Crippen molar-refractivity contribution in [3.63, 3.8) is 0 Å². The van der Waals surface area contributed by atoms with Crippen LogP contribution in [-0.2, 0) is 17.5 Å². The molecule has 0 saturated heterocycles. The fourth-order valence-corrected chi connectivity index (χ4v) is 1.77. The van der Waals surface area contributed by atoms with Gasteiger partial charge in [-0.05, 0) is 30.7 Å². The van der Waals surface area contributed by atoms with Crippen molar-refractivity contribution >= 4 is 0 Å². The average Bonchev–Trinajstić information content (AvgIpc) is 2.38. The summed E-state index contributed by atoms with van der Waals surface area (Å²) in [6, 6.07) is 4.09. The number of rotatable bonds is 8. The standard InChI is InChI=1S/C15H22F3NO2/c1-11(2)10-20-6-7-21-14-5-4-12(9-19-3)8-13(14)15(16,17)18/h4-5,8,11,19H,6-7,9-10H2,1-3H3. The summed E-state index contributed by atoms with van der Waals surface area (Å²) in [5.41, 5.74) is -0.188. The average molecular weight is 305 g/mol. The van der Waals surface area contributed by atoms with E-state index < -0.39 is 11.7 Å². The van der Waals surface area contributed by atoms with Crippen molar-refractivity contribution in [3.8, 4) is 5.75 Å². The van der Waals surface area contributed by atoms with Crippen LogP contribution in [-0.4, -0.2) is 26.9 Å². The van der Waals surface area contributed by atoms with Gasteiger partial charge in [-0.15, -0.1) is 0 Å². The molecule has 0 amide bonds. The highest BCUT2D eigenvalue weighted by molar-refractivity contribution is 5.39. The Labute approximate surface area is 123 Å².